The van der Waals surface area contributed by atoms with Gasteiger partial charge in [0.1, 0.15) is 5.69 Å². The normalized spacial score (nSPS) is 24.4. The minimum Gasteiger partial charge on any atom is -0.391 e. The summed E-state index contributed by atoms with van der Waals surface area (Å²) in [6, 6.07) is 2.97. The number of carbonyl (C=O) groups excluding carboxylic acids is 1. The van der Waals surface area contributed by atoms with Crippen LogP contribution in [0.1, 0.15) is 36.2 Å². The van der Waals surface area contributed by atoms with E-state index in [1.54, 1.807) is 6.07 Å². The third-order valence-corrected chi connectivity index (χ3v) is 3.24. The molecule has 17 heavy (non-hydrogen) atoms. The number of nitrogens with one attached hydrogen (secondary N) is 1. The van der Waals surface area contributed by atoms with Crippen LogP contribution in [0.5, 0.6) is 0 Å². The van der Waals surface area contributed by atoms with Gasteiger partial charge in [0.15, 0.2) is 0 Å². The number of halogens is 1. The molecule has 0 saturated heterocycles. The first-order valence-corrected chi connectivity index (χ1v) is 6.15. The van der Waals surface area contributed by atoms with Crippen molar-refractivity contribution in [2.45, 2.75) is 37.8 Å². The van der Waals surface area contributed by atoms with Gasteiger partial charge in [0.25, 0.3) is 5.91 Å². The van der Waals surface area contributed by atoms with Crippen LogP contribution in [0.2, 0.25) is 5.02 Å². The number of aliphatic hydroxyl groups excluding tert-OH is 1. The van der Waals surface area contributed by atoms with Crippen molar-refractivity contribution in [3.8, 4) is 0 Å². The van der Waals surface area contributed by atoms with Crippen LogP contribution >= 0.6 is 11.6 Å². The molecule has 1 aliphatic carbocycles. The summed E-state index contributed by atoms with van der Waals surface area (Å²) in [4.78, 5) is 15.8. The molecular formula is C12H15ClN2O2. The van der Waals surface area contributed by atoms with Gasteiger partial charge in [-0.05, 0) is 25.0 Å². The monoisotopic (exact) mass is 254 g/mol. The Hall–Kier alpha value is -1.13. The molecule has 1 heterocycles. The topological polar surface area (TPSA) is 62.2 Å². The first-order chi connectivity index (χ1) is 8.16. The maximum atomic E-state index is 11.9. The lowest BCUT2D eigenvalue weighted by atomic mass is 9.92. The van der Waals surface area contributed by atoms with Crippen molar-refractivity contribution in [3.05, 3.63) is 29.0 Å². The van der Waals surface area contributed by atoms with E-state index in [4.69, 9.17) is 11.6 Å². The zero-order valence-electron chi connectivity index (χ0n) is 9.40. The summed E-state index contributed by atoms with van der Waals surface area (Å²) in [7, 11) is 0. The van der Waals surface area contributed by atoms with Crippen LogP contribution in [0.3, 0.4) is 0 Å². The number of carbonyl (C=O) groups is 1. The fraction of sp³-hybridized carbons (Fsp3) is 0.500. The molecule has 0 radical (unpaired) electrons. The van der Waals surface area contributed by atoms with Gasteiger partial charge in [-0.3, -0.25) is 9.78 Å². The molecule has 0 unspecified atom stereocenters. The fourth-order valence-corrected chi connectivity index (χ4v) is 2.21. The van der Waals surface area contributed by atoms with Gasteiger partial charge >= 0.3 is 0 Å². The third-order valence-electron chi connectivity index (χ3n) is 3.00. The highest BCUT2D eigenvalue weighted by molar-refractivity contribution is 6.30. The predicted molar refractivity (Wildman–Crippen MR) is 65.0 cm³/mol. The van der Waals surface area contributed by atoms with Crippen molar-refractivity contribution < 1.29 is 9.90 Å². The Morgan fingerprint density at radius 2 is 2.24 bits per heavy atom. The molecule has 0 bridgehead atoms. The standard InChI is InChI=1S/C12H15ClN2O2/c13-8-5-6-14-10(7-8)12(17)15-9-3-1-2-4-11(9)16/h5-7,9,11,16H,1-4H2,(H,15,17)/t9-,11-/m0/s1. The molecule has 1 aromatic rings. The van der Waals surface area contributed by atoms with E-state index in [9.17, 15) is 9.90 Å². The van der Waals surface area contributed by atoms with Crippen LogP contribution in [0.4, 0.5) is 0 Å². The molecule has 1 aromatic heterocycles. The molecule has 0 aliphatic heterocycles. The summed E-state index contributed by atoms with van der Waals surface area (Å²) in [5, 5.41) is 13.0. The first kappa shape index (κ1) is 12.3. The molecule has 1 saturated carbocycles. The first-order valence-electron chi connectivity index (χ1n) is 5.77. The number of pyridine rings is 1. The molecule has 0 aromatic carbocycles. The van der Waals surface area contributed by atoms with Crippen LogP contribution in [-0.4, -0.2) is 28.1 Å². The summed E-state index contributed by atoms with van der Waals surface area (Å²) < 4.78 is 0. The second kappa shape index (κ2) is 5.47. The van der Waals surface area contributed by atoms with Gasteiger partial charge < -0.3 is 10.4 Å². The Morgan fingerprint density at radius 1 is 1.47 bits per heavy atom. The minimum absolute atomic E-state index is 0.169. The van der Waals surface area contributed by atoms with Gasteiger partial charge in [-0.25, -0.2) is 0 Å². The SMILES string of the molecule is O=C(N[C@H]1CCCC[C@@H]1O)c1cc(Cl)ccn1. The Labute approximate surface area is 105 Å². The molecule has 1 fully saturated rings. The Kier molecular flexibility index (Phi) is 3.97. The van der Waals surface area contributed by atoms with E-state index in [1.165, 1.54) is 12.3 Å². The largest absolute Gasteiger partial charge is 0.391 e. The van der Waals surface area contributed by atoms with E-state index in [0.29, 0.717) is 5.02 Å². The Morgan fingerprint density at radius 3 is 2.94 bits per heavy atom. The molecule has 92 valence electrons. The highest BCUT2D eigenvalue weighted by Gasteiger charge is 2.25. The molecule has 1 amide bonds. The van der Waals surface area contributed by atoms with Gasteiger partial charge in [0, 0.05) is 11.2 Å². The molecule has 2 atom stereocenters. The van der Waals surface area contributed by atoms with Gasteiger partial charge in [0.05, 0.1) is 12.1 Å². The van der Waals surface area contributed by atoms with E-state index in [-0.39, 0.29) is 17.6 Å². The van der Waals surface area contributed by atoms with Gasteiger partial charge in [-0.2, -0.15) is 0 Å². The summed E-state index contributed by atoms with van der Waals surface area (Å²) in [6.07, 6.45) is 4.65. The van der Waals surface area contributed by atoms with E-state index in [2.05, 4.69) is 10.3 Å². The van der Waals surface area contributed by atoms with E-state index in [0.717, 1.165) is 25.7 Å². The van der Waals surface area contributed by atoms with Crippen LogP contribution in [0, 0.1) is 0 Å². The Bertz CT molecular complexity index is 411. The minimum atomic E-state index is -0.452. The summed E-state index contributed by atoms with van der Waals surface area (Å²) >= 11 is 5.79. The number of rotatable bonds is 2. The maximum Gasteiger partial charge on any atom is 0.270 e. The van der Waals surface area contributed by atoms with Crippen molar-refractivity contribution in [3.63, 3.8) is 0 Å². The molecule has 2 rings (SSSR count). The number of hydrogen-bond acceptors (Lipinski definition) is 3. The average molecular weight is 255 g/mol. The maximum absolute atomic E-state index is 11.9. The van der Waals surface area contributed by atoms with Crippen molar-refractivity contribution in [1.82, 2.24) is 10.3 Å². The van der Waals surface area contributed by atoms with E-state index >= 15 is 0 Å². The fourth-order valence-electron chi connectivity index (χ4n) is 2.05. The number of hydrogen-bond donors (Lipinski definition) is 2. The smallest absolute Gasteiger partial charge is 0.270 e. The molecule has 0 spiro atoms. The highest BCUT2D eigenvalue weighted by atomic mass is 35.5. The highest BCUT2D eigenvalue weighted by Crippen LogP contribution is 2.18. The van der Waals surface area contributed by atoms with Crippen LogP contribution in [0.15, 0.2) is 18.3 Å². The Balaban J connectivity index is 2.01. The molecular weight excluding hydrogens is 240 g/mol. The third kappa shape index (κ3) is 3.17. The second-order valence-electron chi connectivity index (χ2n) is 4.29. The van der Waals surface area contributed by atoms with Gasteiger partial charge in [-0.1, -0.05) is 24.4 Å². The van der Waals surface area contributed by atoms with Crippen LogP contribution in [-0.2, 0) is 0 Å². The number of aliphatic hydroxyl groups is 1. The van der Waals surface area contributed by atoms with E-state index < -0.39 is 6.10 Å². The van der Waals surface area contributed by atoms with Crippen LogP contribution < -0.4 is 5.32 Å². The van der Waals surface area contributed by atoms with Crippen molar-refractivity contribution in [2.24, 2.45) is 0 Å². The van der Waals surface area contributed by atoms with Crippen molar-refractivity contribution >= 4 is 17.5 Å². The van der Waals surface area contributed by atoms with Crippen molar-refractivity contribution in [1.29, 1.82) is 0 Å². The number of amides is 1. The van der Waals surface area contributed by atoms with Crippen LogP contribution in [0.25, 0.3) is 0 Å². The number of aromatic nitrogens is 1. The zero-order valence-corrected chi connectivity index (χ0v) is 10.2. The van der Waals surface area contributed by atoms with Crippen molar-refractivity contribution in [2.75, 3.05) is 0 Å². The number of nitrogens with zero attached hydrogens (tertiary/aromatic N) is 1. The summed E-state index contributed by atoms with van der Waals surface area (Å²) in [5.41, 5.74) is 0.287. The summed E-state index contributed by atoms with van der Waals surface area (Å²) in [5.74, 6) is -0.279. The van der Waals surface area contributed by atoms with Gasteiger partial charge in [-0.15, -0.1) is 0 Å². The van der Waals surface area contributed by atoms with Gasteiger partial charge in [0.2, 0.25) is 0 Å². The lowest BCUT2D eigenvalue weighted by Gasteiger charge is -2.28. The molecule has 2 N–H and O–H groups in total. The quantitative estimate of drug-likeness (QED) is 0.846. The molecule has 4 nitrogen and oxygen atoms in total. The molecule has 5 heteroatoms. The zero-order chi connectivity index (χ0) is 12.3. The predicted octanol–water partition coefficient (Wildman–Crippen LogP) is 1.77. The lowest BCUT2D eigenvalue weighted by molar-refractivity contribution is 0.0714. The van der Waals surface area contributed by atoms with E-state index in [1.807, 2.05) is 0 Å². The average Bonchev–Trinajstić information content (AvgIpc) is 2.32. The summed E-state index contributed by atoms with van der Waals surface area (Å²) in [6.45, 7) is 0. The molecule has 1 aliphatic rings. The lowest BCUT2D eigenvalue weighted by Crippen LogP contribution is -2.45. The second-order valence-corrected chi connectivity index (χ2v) is 4.73.